The SMILES string of the molecule is O=C(OCc1ccccc1)N1C2C=C(Cc3ccc4ccccc4c3)CC1COC2. The van der Waals surface area contributed by atoms with Crippen LogP contribution in [0.2, 0.25) is 0 Å². The molecule has 2 bridgehead atoms. The largest absolute Gasteiger partial charge is 0.445 e. The standard InChI is InChI=1S/C26H25NO3/c28-26(30-16-19-6-2-1-3-7-19)27-24-14-21(15-25(27)18-29-17-24)12-20-10-11-22-8-4-5-9-23(22)13-20/h1-11,13-14,24-25H,12,15-18H2. The molecule has 0 aliphatic carbocycles. The second-order valence-corrected chi connectivity index (χ2v) is 8.09. The van der Waals surface area contributed by atoms with E-state index in [1.165, 1.54) is 21.9 Å². The van der Waals surface area contributed by atoms with Gasteiger partial charge in [0, 0.05) is 0 Å². The fourth-order valence-electron chi connectivity index (χ4n) is 4.51. The van der Waals surface area contributed by atoms with E-state index in [9.17, 15) is 4.79 Å². The van der Waals surface area contributed by atoms with Crippen molar-refractivity contribution in [2.75, 3.05) is 13.2 Å². The van der Waals surface area contributed by atoms with Gasteiger partial charge in [-0.05, 0) is 34.7 Å². The Morgan fingerprint density at radius 3 is 2.57 bits per heavy atom. The molecule has 2 aliphatic heterocycles. The summed E-state index contributed by atoms with van der Waals surface area (Å²) < 4.78 is 11.3. The second kappa shape index (κ2) is 8.33. The van der Waals surface area contributed by atoms with E-state index in [1.807, 2.05) is 35.2 Å². The fraction of sp³-hybridized carbons (Fsp3) is 0.269. The Morgan fingerprint density at radius 1 is 0.933 bits per heavy atom. The van der Waals surface area contributed by atoms with Gasteiger partial charge in [-0.15, -0.1) is 0 Å². The van der Waals surface area contributed by atoms with Crippen molar-refractivity contribution in [2.24, 2.45) is 0 Å². The van der Waals surface area contributed by atoms with E-state index in [2.05, 4.69) is 48.5 Å². The highest BCUT2D eigenvalue weighted by Crippen LogP contribution is 2.30. The lowest BCUT2D eigenvalue weighted by molar-refractivity contribution is -0.0374. The molecule has 0 N–H and O–H groups in total. The first kappa shape index (κ1) is 18.9. The van der Waals surface area contributed by atoms with E-state index >= 15 is 0 Å². The average molecular weight is 399 g/mol. The van der Waals surface area contributed by atoms with Crippen LogP contribution in [0.4, 0.5) is 4.79 Å². The number of carbonyl (C=O) groups is 1. The van der Waals surface area contributed by atoms with Gasteiger partial charge in [-0.3, -0.25) is 4.90 Å². The average Bonchev–Trinajstić information content (AvgIpc) is 2.77. The Bertz CT molecular complexity index is 1080. The number of hydrogen-bond acceptors (Lipinski definition) is 3. The van der Waals surface area contributed by atoms with Crippen LogP contribution in [0.5, 0.6) is 0 Å². The summed E-state index contributed by atoms with van der Waals surface area (Å²) in [6, 6.07) is 24.9. The Morgan fingerprint density at radius 2 is 1.73 bits per heavy atom. The molecule has 3 aromatic rings. The monoisotopic (exact) mass is 399 g/mol. The number of ether oxygens (including phenoxy) is 2. The summed E-state index contributed by atoms with van der Waals surface area (Å²) in [4.78, 5) is 14.7. The zero-order valence-electron chi connectivity index (χ0n) is 16.9. The second-order valence-electron chi connectivity index (χ2n) is 8.09. The van der Waals surface area contributed by atoms with Crippen molar-refractivity contribution in [1.82, 2.24) is 4.90 Å². The number of morpholine rings is 1. The first-order chi connectivity index (χ1) is 14.8. The van der Waals surface area contributed by atoms with Crippen molar-refractivity contribution in [3.8, 4) is 0 Å². The lowest BCUT2D eigenvalue weighted by atomic mass is 9.90. The van der Waals surface area contributed by atoms with Crippen LogP contribution in [0, 0.1) is 0 Å². The van der Waals surface area contributed by atoms with E-state index < -0.39 is 0 Å². The van der Waals surface area contributed by atoms with Crippen molar-refractivity contribution >= 4 is 16.9 Å². The maximum atomic E-state index is 12.8. The van der Waals surface area contributed by atoms with Crippen molar-refractivity contribution in [3.05, 3.63) is 95.6 Å². The molecule has 152 valence electrons. The third kappa shape index (κ3) is 3.96. The Balaban J connectivity index is 1.29. The van der Waals surface area contributed by atoms with Crippen LogP contribution >= 0.6 is 0 Å². The molecule has 4 nitrogen and oxygen atoms in total. The third-order valence-corrected chi connectivity index (χ3v) is 5.94. The molecule has 0 radical (unpaired) electrons. The molecule has 1 amide bonds. The van der Waals surface area contributed by atoms with Crippen molar-refractivity contribution < 1.29 is 14.3 Å². The minimum Gasteiger partial charge on any atom is -0.445 e. The molecule has 2 heterocycles. The van der Waals surface area contributed by atoms with Gasteiger partial charge in [0.05, 0.1) is 25.3 Å². The third-order valence-electron chi connectivity index (χ3n) is 5.94. The summed E-state index contributed by atoms with van der Waals surface area (Å²) in [6.07, 6.45) is 3.68. The minimum atomic E-state index is -0.252. The molecule has 0 spiro atoms. The first-order valence-electron chi connectivity index (χ1n) is 10.5. The highest BCUT2D eigenvalue weighted by molar-refractivity contribution is 5.83. The summed E-state index contributed by atoms with van der Waals surface area (Å²) in [5, 5.41) is 2.53. The van der Waals surface area contributed by atoms with Gasteiger partial charge < -0.3 is 9.47 Å². The van der Waals surface area contributed by atoms with E-state index in [0.717, 1.165) is 18.4 Å². The Hall–Kier alpha value is -3.11. The summed E-state index contributed by atoms with van der Waals surface area (Å²) in [7, 11) is 0. The number of carbonyl (C=O) groups excluding carboxylic acids is 1. The van der Waals surface area contributed by atoms with Gasteiger partial charge in [0.15, 0.2) is 0 Å². The number of amides is 1. The highest BCUT2D eigenvalue weighted by Gasteiger charge is 2.38. The number of rotatable bonds is 4. The predicted octanol–water partition coefficient (Wildman–Crippen LogP) is 5.12. The molecular weight excluding hydrogens is 374 g/mol. The molecule has 5 rings (SSSR count). The van der Waals surface area contributed by atoms with Crippen LogP contribution in [0.3, 0.4) is 0 Å². The first-order valence-corrected chi connectivity index (χ1v) is 10.5. The molecule has 1 fully saturated rings. The summed E-state index contributed by atoms with van der Waals surface area (Å²) in [5.41, 5.74) is 3.67. The van der Waals surface area contributed by atoms with E-state index in [4.69, 9.17) is 9.47 Å². The van der Waals surface area contributed by atoms with Crippen molar-refractivity contribution in [2.45, 2.75) is 31.5 Å². The zero-order chi connectivity index (χ0) is 20.3. The lowest BCUT2D eigenvalue weighted by Gasteiger charge is -2.43. The van der Waals surface area contributed by atoms with Crippen molar-refractivity contribution in [1.29, 1.82) is 0 Å². The molecule has 0 saturated carbocycles. The van der Waals surface area contributed by atoms with Crippen LogP contribution in [-0.2, 0) is 22.5 Å². The van der Waals surface area contributed by atoms with Gasteiger partial charge >= 0.3 is 6.09 Å². The number of hydrogen-bond donors (Lipinski definition) is 0. The Kier molecular flexibility index (Phi) is 5.24. The lowest BCUT2D eigenvalue weighted by Crippen LogP contribution is -2.56. The predicted molar refractivity (Wildman–Crippen MR) is 117 cm³/mol. The maximum Gasteiger partial charge on any atom is 0.411 e. The minimum absolute atomic E-state index is 0.0347. The van der Waals surface area contributed by atoms with Crippen LogP contribution in [0.1, 0.15) is 17.5 Å². The Labute approximate surface area is 176 Å². The zero-order valence-corrected chi connectivity index (χ0v) is 16.9. The quantitative estimate of drug-likeness (QED) is 0.572. The van der Waals surface area contributed by atoms with Crippen LogP contribution in [-0.4, -0.2) is 36.3 Å². The molecule has 2 unspecified atom stereocenters. The summed E-state index contributed by atoms with van der Waals surface area (Å²) in [6.45, 7) is 1.38. The van der Waals surface area contributed by atoms with E-state index in [0.29, 0.717) is 19.8 Å². The molecule has 30 heavy (non-hydrogen) atoms. The molecule has 2 atom stereocenters. The van der Waals surface area contributed by atoms with Gasteiger partial charge in [-0.1, -0.05) is 84.4 Å². The van der Waals surface area contributed by atoms with E-state index in [-0.39, 0.29) is 18.2 Å². The molecule has 2 aliphatic rings. The fourth-order valence-corrected chi connectivity index (χ4v) is 4.51. The molecule has 1 saturated heterocycles. The van der Waals surface area contributed by atoms with Crippen LogP contribution in [0.25, 0.3) is 10.8 Å². The summed E-state index contributed by atoms with van der Waals surface area (Å²) >= 11 is 0. The number of fused-ring (bicyclic) bond motifs is 3. The highest BCUT2D eigenvalue weighted by atomic mass is 16.6. The van der Waals surface area contributed by atoms with Gasteiger partial charge in [0.25, 0.3) is 0 Å². The normalized spacial score (nSPS) is 20.7. The van der Waals surface area contributed by atoms with Gasteiger partial charge in [-0.2, -0.15) is 0 Å². The smallest absolute Gasteiger partial charge is 0.411 e. The summed E-state index contributed by atoms with van der Waals surface area (Å²) in [5.74, 6) is 0. The maximum absolute atomic E-state index is 12.8. The number of benzene rings is 3. The van der Waals surface area contributed by atoms with Crippen molar-refractivity contribution in [3.63, 3.8) is 0 Å². The van der Waals surface area contributed by atoms with E-state index in [1.54, 1.807) is 0 Å². The van der Waals surface area contributed by atoms with Gasteiger partial charge in [0.2, 0.25) is 0 Å². The van der Waals surface area contributed by atoms with Gasteiger partial charge in [0.1, 0.15) is 6.61 Å². The van der Waals surface area contributed by atoms with Crippen LogP contribution < -0.4 is 0 Å². The molecular formula is C26H25NO3. The molecule has 0 aromatic heterocycles. The topological polar surface area (TPSA) is 38.8 Å². The van der Waals surface area contributed by atoms with Gasteiger partial charge in [-0.25, -0.2) is 4.79 Å². The molecule has 3 aromatic carbocycles. The van der Waals surface area contributed by atoms with Crippen LogP contribution in [0.15, 0.2) is 84.4 Å². The molecule has 4 heteroatoms. The number of nitrogens with zero attached hydrogens (tertiary/aromatic N) is 1.